The Labute approximate surface area is 139 Å². The summed E-state index contributed by atoms with van der Waals surface area (Å²) in [5, 5.41) is 17.7. The van der Waals surface area contributed by atoms with E-state index in [2.05, 4.69) is 42.8 Å². The van der Waals surface area contributed by atoms with Crippen LogP contribution in [-0.2, 0) is 17.8 Å². The number of rotatable bonds is 7. The number of carbonyl (C=O) groups is 1. The highest BCUT2D eigenvalue weighted by Crippen LogP contribution is 2.20. The lowest BCUT2D eigenvalue weighted by molar-refractivity contribution is -0.122. The van der Waals surface area contributed by atoms with E-state index in [4.69, 9.17) is 4.52 Å². The molecular weight excluding hydrogens is 312 g/mol. The maximum atomic E-state index is 11.8. The molecule has 0 aromatic carbocycles. The van der Waals surface area contributed by atoms with Crippen molar-refractivity contribution in [3.8, 4) is 0 Å². The fourth-order valence-electron chi connectivity index (χ4n) is 2.74. The molecule has 3 heterocycles. The standard InChI is InChI=1S/C14H22N8O2/c1-2-3-13-17-14(18-24-13)21-6-4-11(5-7-21)8-15-12(23)9-22-10-16-19-20-22/h10-11H,2-9H2,1H3,(H,15,23). The Balaban J connectivity index is 1.39. The molecule has 1 fully saturated rings. The lowest BCUT2D eigenvalue weighted by Crippen LogP contribution is -2.39. The molecule has 1 aliphatic rings. The molecule has 1 aliphatic heterocycles. The zero-order valence-corrected chi connectivity index (χ0v) is 13.8. The summed E-state index contributed by atoms with van der Waals surface area (Å²) in [5.41, 5.74) is 0. The van der Waals surface area contributed by atoms with Crippen LogP contribution in [0.25, 0.3) is 0 Å². The minimum absolute atomic E-state index is 0.0768. The van der Waals surface area contributed by atoms with Crippen LogP contribution in [0.1, 0.15) is 32.1 Å². The molecule has 0 atom stereocenters. The first-order valence-electron chi connectivity index (χ1n) is 8.29. The van der Waals surface area contributed by atoms with Gasteiger partial charge in [0.1, 0.15) is 12.9 Å². The van der Waals surface area contributed by atoms with Gasteiger partial charge in [-0.15, -0.1) is 5.10 Å². The summed E-state index contributed by atoms with van der Waals surface area (Å²) in [6, 6.07) is 0. The molecule has 1 amide bonds. The monoisotopic (exact) mass is 334 g/mol. The molecule has 1 saturated heterocycles. The predicted octanol–water partition coefficient (Wildman–Crippen LogP) is 0.0414. The molecule has 2 aromatic rings. The van der Waals surface area contributed by atoms with E-state index in [9.17, 15) is 4.79 Å². The van der Waals surface area contributed by atoms with Crippen LogP contribution in [0.2, 0.25) is 0 Å². The predicted molar refractivity (Wildman–Crippen MR) is 84.1 cm³/mol. The Morgan fingerprint density at radius 3 is 2.96 bits per heavy atom. The van der Waals surface area contributed by atoms with Gasteiger partial charge in [-0.05, 0) is 40.8 Å². The van der Waals surface area contributed by atoms with Gasteiger partial charge in [0.25, 0.3) is 5.95 Å². The topological polar surface area (TPSA) is 115 Å². The van der Waals surface area contributed by atoms with Gasteiger partial charge in [-0.2, -0.15) is 4.98 Å². The van der Waals surface area contributed by atoms with Crippen LogP contribution in [0.15, 0.2) is 10.9 Å². The first-order valence-corrected chi connectivity index (χ1v) is 8.29. The highest BCUT2D eigenvalue weighted by molar-refractivity contribution is 5.75. The molecule has 0 radical (unpaired) electrons. The molecule has 0 unspecified atom stereocenters. The molecule has 1 N–H and O–H groups in total. The average molecular weight is 334 g/mol. The molecule has 130 valence electrons. The van der Waals surface area contributed by atoms with Crippen LogP contribution in [0.4, 0.5) is 5.95 Å². The number of nitrogens with zero attached hydrogens (tertiary/aromatic N) is 7. The summed E-state index contributed by atoms with van der Waals surface area (Å²) in [6.07, 6.45) is 5.21. The second kappa shape index (κ2) is 7.84. The first-order chi connectivity index (χ1) is 11.7. The Morgan fingerprint density at radius 2 is 2.25 bits per heavy atom. The Bertz CT molecular complexity index is 633. The van der Waals surface area contributed by atoms with Crippen LogP contribution in [0.3, 0.4) is 0 Å². The van der Waals surface area contributed by atoms with Gasteiger partial charge >= 0.3 is 0 Å². The van der Waals surface area contributed by atoms with Crippen molar-refractivity contribution in [2.45, 2.75) is 39.2 Å². The third kappa shape index (κ3) is 4.27. The quantitative estimate of drug-likeness (QED) is 0.755. The molecule has 0 spiro atoms. The highest BCUT2D eigenvalue weighted by Gasteiger charge is 2.23. The van der Waals surface area contributed by atoms with Crippen molar-refractivity contribution in [2.75, 3.05) is 24.5 Å². The number of nitrogens with one attached hydrogen (secondary N) is 1. The van der Waals surface area contributed by atoms with E-state index in [1.54, 1.807) is 0 Å². The van der Waals surface area contributed by atoms with Crippen LogP contribution < -0.4 is 10.2 Å². The summed E-state index contributed by atoms with van der Waals surface area (Å²) < 4.78 is 6.64. The lowest BCUT2D eigenvalue weighted by atomic mass is 9.97. The number of tetrazole rings is 1. The van der Waals surface area contributed by atoms with Gasteiger partial charge in [0, 0.05) is 26.1 Å². The molecule has 0 bridgehead atoms. The second-order valence-corrected chi connectivity index (χ2v) is 5.98. The van der Waals surface area contributed by atoms with Gasteiger partial charge in [0.05, 0.1) is 0 Å². The van der Waals surface area contributed by atoms with E-state index < -0.39 is 0 Å². The van der Waals surface area contributed by atoms with Crippen molar-refractivity contribution in [3.05, 3.63) is 12.2 Å². The van der Waals surface area contributed by atoms with Gasteiger partial charge in [-0.1, -0.05) is 6.92 Å². The van der Waals surface area contributed by atoms with E-state index in [1.165, 1.54) is 11.0 Å². The number of amides is 1. The van der Waals surface area contributed by atoms with E-state index >= 15 is 0 Å². The summed E-state index contributed by atoms with van der Waals surface area (Å²) in [5.74, 6) is 1.76. The SMILES string of the molecule is CCCc1nc(N2CCC(CNC(=O)Cn3cnnn3)CC2)no1. The van der Waals surface area contributed by atoms with Gasteiger partial charge in [-0.25, -0.2) is 4.68 Å². The largest absolute Gasteiger partial charge is 0.354 e. The third-order valence-corrected chi connectivity index (χ3v) is 4.10. The molecule has 3 rings (SSSR count). The number of piperidine rings is 1. The number of aromatic nitrogens is 6. The lowest BCUT2D eigenvalue weighted by Gasteiger charge is -2.30. The van der Waals surface area contributed by atoms with E-state index in [0.717, 1.165) is 38.8 Å². The maximum absolute atomic E-state index is 11.8. The second-order valence-electron chi connectivity index (χ2n) is 5.98. The number of carbonyl (C=O) groups excluding carboxylic acids is 1. The first kappa shape index (κ1) is 16.3. The Hall–Kier alpha value is -2.52. The third-order valence-electron chi connectivity index (χ3n) is 4.10. The fourth-order valence-corrected chi connectivity index (χ4v) is 2.74. The smallest absolute Gasteiger partial charge is 0.266 e. The summed E-state index contributed by atoms with van der Waals surface area (Å²) in [7, 11) is 0. The molecule has 24 heavy (non-hydrogen) atoms. The molecule has 0 aliphatic carbocycles. The minimum Gasteiger partial charge on any atom is -0.354 e. The van der Waals surface area contributed by atoms with E-state index in [0.29, 0.717) is 24.3 Å². The van der Waals surface area contributed by atoms with Crippen LogP contribution >= 0.6 is 0 Å². The van der Waals surface area contributed by atoms with Crippen LogP contribution in [-0.4, -0.2) is 55.9 Å². The molecule has 10 heteroatoms. The number of aryl methyl sites for hydroxylation is 1. The summed E-state index contributed by atoms with van der Waals surface area (Å²) in [4.78, 5) is 18.4. The molecule has 0 saturated carbocycles. The zero-order valence-electron chi connectivity index (χ0n) is 13.8. The van der Waals surface area contributed by atoms with Crippen LogP contribution in [0.5, 0.6) is 0 Å². The number of hydrogen-bond acceptors (Lipinski definition) is 8. The van der Waals surface area contributed by atoms with Crippen molar-refractivity contribution in [1.29, 1.82) is 0 Å². The molecule has 2 aromatic heterocycles. The van der Waals surface area contributed by atoms with Crippen molar-refractivity contribution in [3.63, 3.8) is 0 Å². The van der Waals surface area contributed by atoms with E-state index in [-0.39, 0.29) is 12.5 Å². The minimum atomic E-state index is -0.0768. The van der Waals surface area contributed by atoms with Crippen molar-refractivity contribution >= 4 is 11.9 Å². The Kier molecular flexibility index (Phi) is 5.34. The summed E-state index contributed by atoms with van der Waals surface area (Å²) >= 11 is 0. The van der Waals surface area contributed by atoms with Crippen molar-refractivity contribution in [1.82, 2.24) is 35.7 Å². The highest BCUT2D eigenvalue weighted by atomic mass is 16.5. The van der Waals surface area contributed by atoms with Gasteiger partial charge < -0.3 is 14.7 Å². The number of hydrogen-bond donors (Lipinski definition) is 1. The van der Waals surface area contributed by atoms with Crippen molar-refractivity contribution in [2.24, 2.45) is 5.92 Å². The number of anilines is 1. The fraction of sp³-hybridized carbons (Fsp3) is 0.714. The summed E-state index contributed by atoms with van der Waals surface area (Å²) in [6.45, 7) is 4.65. The zero-order chi connectivity index (χ0) is 16.8. The van der Waals surface area contributed by atoms with Gasteiger partial charge in [0.2, 0.25) is 11.8 Å². The van der Waals surface area contributed by atoms with E-state index in [1.807, 2.05) is 0 Å². The Morgan fingerprint density at radius 1 is 1.42 bits per heavy atom. The molecule has 10 nitrogen and oxygen atoms in total. The van der Waals surface area contributed by atoms with Crippen LogP contribution in [0, 0.1) is 5.92 Å². The molecular formula is C14H22N8O2. The normalized spacial score (nSPS) is 15.6. The van der Waals surface area contributed by atoms with Gasteiger partial charge in [0.15, 0.2) is 0 Å². The van der Waals surface area contributed by atoms with Crippen molar-refractivity contribution < 1.29 is 9.32 Å². The average Bonchev–Trinajstić information content (AvgIpc) is 3.26. The maximum Gasteiger partial charge on any atom is 0.266 e. The van der Waals surface area contributed by atoms with Gasteiger partial charge in [-0.3, -0.25) is 4.79 Å².